The largest absolute Gasteiger partial charge is 0.479 e. The molecule has 0 aliphatic carbocycles. The van der Waals surface area contributed by atoms with Gasteiger partial charge in [0, 0.05) is 0 Å². The van der Waals surface area contributed by atoms with E-state index in [1.165, 1.54) is 51.4 Å². The number of carboxylic acid groups (broad SMARTS) is 1. The molecule has 0 rings (SSSR count). The van der Waals surface area contributed by atoms with E-state index in [9.17, 15) is 4.79 Å². The van der Waals surface area contributed by atoms with Gasteiger partial charge in [0.05, 0.1) is 13.2 Å². The second-order valence-corrected chi connectivity index (χ2v) is 5.39. The van der Waals surface area contributed by atoms with Crippen molar-refractivity contribution in [2.24, 2.45) is 0 Å². The van der Waals surface area contributed by atoms with E-state index in [1.807, 2.05) is 0 Å². The second-order valence-electron chi connectivity index (χ2n) is 5.39. The predicted octanol–water partition coefficient (Wildman–Crippen LogP) is 3.76. The van der Waals surface area contributed by atoms with Crippen LogP contribution in [-0.4, -0.2) is 35.5 Å². The van der Waals surface area contributed by atoms with Crippen LogP contribution in [-0.2, 0) is 9.53 Å². The lowest BCUT2D eigenvalue weighted by Gasteiger charge is -2.12. The van der Waals surface area contributed by atoms with Gasteiger partial charge in [0.2, 0.25) is 0 Å². The topological polar surface area (TPSA) is 66.8 Å². The molecule has 20 heavy (non-hydrogen) atoms. The van der Waals surface area contributed by atoms with E-state index in [2.05, 4.69) is 6.92 Å². The van der Waals surface area contributed by atoms with E-state index < -0.39 is 12.1 Å². The van der Waals surface area contributed by atoms with E-state index in [0.717, 1.165) is 12.8 Å². The summed E-state index contributed by atoms with van der Waals surface area (Å²) in [5.74, 6) is -0.922. The average molecular weight is 288 g/mol. The molecule has 0 saturated carbocycles. The molecule has 0 radical (unpaired) electrons. The van der Waals surface area contributed by atoms with Crippen LogP contribution in [0.5, 0.6) is 0 Å². The van der Waals surface area contributed by atoms with Crippen molar-refractivity contribution in [1.82, 2.24) is 0 Å². The predicted molar refractivity (Wildman–Crippen MR) is 80.9 cm³/mol. The highest BCUT2D eigenvalue weighted by molar-refractivity contribution is 5.72. The lowest BCUT2D eigenvalue weighted by atomic mass is 10.0. The van der Waals surface area contributed by atoms with Gasteiger partial charge in [-0.2, -0.15) is 0 Å². The number of hydrogen-bond donors (Lipinski definition) is 2. The molecule has 0 spiro atoms. The zero-order valence-corrected chi connectivity index (χ0v) is 13.0. The van der Waals surface area contributed by atoms with E-state index in [0.29, 0.717) is 6.42 Å². The molecule has 2 N–H and O–H groups in total. The molecule has 120 valence electrons. The van der Waals surface area contributed by atoms with Crippen LogP contribution in [0, 0.1) is 0 Å². The Kier molecular flexibility index (Phi) is 14.3. The molecule has 0 aliphatic rings. The van der Waals surface area contributed by atoms with Gasteiger partial charge in [-0.25, -0.2) is 4.79 Å². The fourth-order valence-electron chi connectivity index (χ4n) is 2.29. The zero-order chi connectivity index (χ0) is 15.1. The van der Waals surface area contributed by atoms with Crippen molar-refractivity contribution in [2.45, 2.75) is 83.7 Å². The van der Waals surface area contributed by atoms with Crippen LogP contribution in [0.1, 0.15) is 77.6 Å². The maximum absolute atomic E-state index is 10.9. The Labute approximate surface area is 123 Å². The monoisotopic (exact) mass is 288 g/mol. The summed E-state index contributed by atoms with van der Waals surface area (Å²) in [6.45, 7) is 2.21. The Balaban J connectivity index is 3.34. The molecule has 4 nitrogen and oxygen atoms in total. The molecule has 1 atom stereocenters. The molecule has 0 aromatic rings. The third-order valence-corrected chi connectivity index (χ3v) is 3.51. The van der Waals surface area contributed by atoms with Crippen LogP contribution >= 0.6 is 0 Å². The highest BCUT2D eigenvalue weighted by atomic mass is 16.5. The zero-order valence-electron chi connectivity index (χ0n) is 13.0. The van der Waals surface area contributed by atoms with E-state index in [-0.39, 0.29) is 13.2 Å². The van der Waals surface area contributed by atoms with Gasteiger partial charge in [-0.15, -0.1) is 0 Å². The molecule has 4 heteroatoms. The standard InChI is InChI=1S/C16H32O4/c1-2-3-4-5-6-7-8-9-10-11-12-15(16(18)19)20-14-13-17/h15,17H,2-14H2,1H3,(H,18,19). The summed E-state index contributed by atoms with van der Waals surface area (Å²) in [5.41, 5.74) is 0. The first-order chi connectivity index (χ1) is 9.72. The summed E-state index contributed by atoms with van der Waals surface area (Å²) in [5, 5.41) is 17.6. The fraction of sp³-hybridized carbons (Fsp3) is 0.938. The molecule has 0 aromatic heterocycles. The molecule has 1 unspecified atom stereocenters. The van der Waals surface area contributed by atoms with Gasteiger partial charge in [0.15, 0.2) is 6.10 Å². The van der Waals surface area contributed by atoms with Crippen LogP contribution in [0.2, 0.25) is 0 Å². The number of carboxylic acids is 1. The Hall–Kier alpha value is -0.610. The van der Waals surface area contributed by atoms with Crippen LogP contribution in [0.15, 0.2) is 0 Å². The summed E-state index contributed by atoms with van der Waals surface area (Å²) < 4.78 is 5.09. The Morgan fingerprint density at radius 2 is 1.45 bits per heavy atom. The summed E-state index contributed by atoms with van der Waals surface area (Å²) in [6, 6.07) is 0. The van der Waals surface area contributed by atoms with Gasteiger partial charge in [-0.05, 0) is 6.42 Å². The molecular weight excluding hydrogens is 256 g/mol. The van der Waals surface area contributed by atoms with Gasteiger partial charge >= 0.3 is 5.97 Å². The number of hydrogen-bond acceptors (Lipinski definition) is 3. The Bertz CT molecular complexity index is 219. The molecule has 0 heterocycles. The number of aliphatic hydroxyl groups is 1. The number of rotatable bonds is 15. The molecule has 0 aliphatic heterocycles. The third kappa shape index (κ3) is 12.4. The van der Waals surface area contributed by atoms with Crippen molar-refractivity contribution in [3.63, 3.8) is 0 Å². The van der Waals surface area contributed by atoms with Crippen molar-refractivity contribution in [1.29, 1.82) is 0 Å². The van der Waals surface area contributed by atoms with Crippen LogP contribution in [0.3, 0.4) is 0 Å². The van der Waals surface area contributed by atoms with E-state index in [1.54, 1.807) is 0 Å². The number of unbranched alkanes of at least 4 members (excludes halogenated alkanes) is 9. The molecular formula is C16H32O4. The van der Waals surface area contributed by atoms with Crippen LogP contribution in [0.25, 0.3) is 0 Å². The Morgan fingerprint density at radius 3 is 1.90 bits per heavy atom. The summed E-state index contributed by atoms with van der Waals surface area (Å²) in [6.07, 6.45) is 12.2. The maximum Gasteiger partial charge on any atom is 0.332 e. The minimum absolute atomic E-state index is 0.106. The number of aliphatic hydroxyl groups excluding tert-OH is 1. The maximum atomic E-state index is 10.9. The normalized spacial score (nSPS) is 12.5. The van der Waals surface area contributed by atoms with Crippen LogP contribution in [0.4, 0.5) is 0 Å². The highest BCUT2D eigenvalue weighted by Gasteiger charge is 2.16. The van der Waals surface area contributed by atoms with Gasteiger partial charge in [0.25, 0.3) is 0 Å². The smallest absolute Gasteiger partial charge is 0.332 e. The van der Waals surface area contributed by atoms with Crippen molar-refractivity contribution in [3.05, 3.63) is 0 Å². The highest BCUT2D eigenvalue weighted by Crippen LogP contribution is 2.13. The number of carbonyl (C=O) groups is 1. The fourth-order valence-corrected chi connectivity index (χ4v) is 2.29. The minimum atomic E-state index is -0.922. The van der Waals surface area contributed by atoms with Gasteiger partial charge < -0.3 is 14.9 Å². The first-order valence-corrected chi connectivity index (χ1v) is 8.17. The molecule has 0 bridgehead atoms. The summed E-state index contributed by atoms with van der Waals surface area (Å²) in [7, 11) is 0. The average Bonchev–Trinajstić information content (AvgIpc) is 2.43. The van der Waals surface area contributed by atoms with E-state index >= 15 is 0 Å². The first kappa shape index (κ1) is 19.4. The Morgan fingerprint density at radius 1 is 0.950 bits per heavy atom. The lowest BCUT2D eigenvalue weighted by Crippen LogP contribution is -2.25. The minimum Gasteiger partial charge on any atom is -0.479 e. The van der Waals surface area contributed by atoms with Crippen molar-refractivity contribution >= 4 is 5.97 Å². The van der Waals surface area contributed by atoms with Gasteiger partial charge in [0.1, 0.15) is 0 Å². The van der Waals surface area contributed by atoms with Gasteiger partial charge in [-0.3, -0.25) is 0 Å². The second kappa shape index (κ2) is 14.8. The van der Waals surface area contributed by atoms with E-state index in [4.69, 9.17) is 14.9 Å². The molecule has 0 amide bonds. The lowest BCUT2D eigenvalue weighted by molar-refractivity contribution is -0.151. The summed E-state index contributed by atoms with van der Waals surface area (Å²) >= 11 is 0. The molecule has 0 fully saturated rings. The van der Waals surface area contributed by atoms with Crippen molar-refractivity contribution in [3.8, 4) is 0 Å². The SMILES string of the molecule is CCCCCCCCCCCCC(OCCO)C(=O)O. The van der Waals surface area contributed by atoms with Crippen LogP contribution < -0.4 is 0 Å². The molecule has 0 aromatic carbocycles. The molecule has 0 saturated heterocycles. The summed E-state index contributed by atoms with van der Waals surface area (Å²) in [4.78, 5) is 10.9. The van der Waals surface area contributed by atoms with Crippen molar-refractivity contribution in [2.75, 3.05) is 13.2 Å². The first-order valence-electron chi connectivity index (χ1n) is 8.17. The third-order valence-electron chi connectivity index (χ3n) is 3.51. The quantitative estimate of drug-likeness (QED) is 0.450. The number of aliphatic carboxylic acids is 1. The van der Waals surface area contributed by atoms with Crippen molar-refractivity contribution < 1.29 is 19.7 Å². The van der Waals surface area contributed by atoms with Gasteiger partial charge in [-0.1, -0.05) is 71.1 Å². The number of ether oxygens (including phenoxy) is 1.